The fourth-order valence-corrected chi connectivity index (χ4v) is 4.18. The van der Waals surface area contributed by atoms with E-state index < -0.39 is 0 Å². The van der Waals surface area contributed by atoms with Crippen LogP contribution in [-0.2, 0) is 20.7 Å². The molecule has 1 aliphatic heterocycles. The minimum Gasteiger partial charge on any atom is -0.464 e. The summed E-state index contributed by atoms with van der Waals surface area (Å²) in [6, 6.07) is 11.3. The predicted molar refractivity (Wildman–Crippen MR) is 130 cm³/mol. The van der Waals surface area contributed by atoms with Crippen LogP contribution in [0.15, 0.2) is 47.1 Å². The van der Waals surface area contributed by atoms with Gasteiger partial charge in [0.2, 0.25) is 11.8 Å². The van der Waals surface area contributed by atoms with Gasteiger partial charge in [0, 0.05) is 35.4 Å². The highest BCUT2D eigenvalue weighted by Crippen LogP contribution is 2.29. The molecule has 0 saturated carbocycles. The third kappa shape index (κ3) is 5.80. The maximum absolute atomic E-state index is 12.7. The number of aryl methyl sites for hydroxylation is 1. The van der Waals surface area contributed by atoms with Crippen LogP contribution in [0.3, 0.4) is 0 Å². The van der Waals surface area contributed by atoms with Gasteiger partial charge in [-0.05, 0) is 60.4 Å². The molecular weight excluding hydrogens is 418 g/mol. The summed E-state index contributed by atoms with van der Waals surface area (Å²) in [6.07, 6.45) is 1.90. The van der Waals surface area contributed by atoms with Gasteiger partial charge >= 0.3 is 0 Å². The number of benzene rings is 2. The molecule has 1 aromatic heterocycles. The van der Waals surface area contributed by atoms with Crippen molar-refractivity contribution in [2.24, 2.45) is 0 Å². The van der Waals surface area contributed by atoms with Crippen molar-refractivity contribution >= 4 is 34.2 Å². The average Bonchev–Trinajstić information content (AvgIpc) is 3.16. The third-order valence-corrected chi connectivity index (χ3v) is 5.94. The Hall–Kier alpha value is -3.16. The summed E-state index contributed by atoms with van der Waals surface area (Å²) in [5.74, 6) is 0.226. The molecule has 0 radical (unpaired) electrons. The molecule has 7 heteroatoms. The second-order valence-corrected chi connectivity index (χ2v) is 8.86. The van der Waals surface area contributed by atoms with Crippen molar-refractivity contribution in [2.45, 2.75) is 33.1 Å². The number of hydrogen-bond acceptors (Lipinski definition) is 5. The summed E-state index contributed by atoms with van der Waals surface area (Å²) < 4.78 is 11.0. The van der Waals surface area contributed by atoms with Crippen LogP contribution in [0.5, 0.6) is 0 Å². The predicted octanol–water partition coefficient (Wildman–Crippen LogP) is 4.32. The van der Waals surface area contributed by atoms with Gasteiger partial charge in [0.05, 0.1) is 32.4 Å². The zero-order valence-electron chi connectivity index (χ0n) is 19.4. The standard InChI is InChI=1S/C26H31N3O4/c1-17(2)22-14-23-19(16-33-24(23)12-18(22)3)13-25(30)27-20-4-6-21(7-5-20)28-26(31)15-29-8-10-32-11-9-29/h4-7,12,14,16-17H,8-11,13,15H2,1-3H3,(H,27,30)(H,28,31). The average molecular weight is 450 g/mol. The molecular formula is C26H31N3O4. The van der Waals surface area contributed by atoms with E-state index >= 15 is 0 Å². The molecule has 0 atom stereocenters. The Morgan fingerprint density at radius 1 is 1.00 bits per heavy atom. The van der Waals surface area contributed by atoms with E-state index in [0.717, 1.165) is 29.6 Å². The lowest BCUT2D eigenvalue weighted by Crippen LogP contribution is -2.41. The largest absolute Gasteiger partial charge is 0.464 e. The van der Waals surface area contributed by atoms with Crippen LogP contribution in [-0.4, -0.2) is 49.6 Å². The van der Waals surface area contributed by atoms with E-state index in [1.165, 1.54) is 11.1 Å². The number of furan rings is 1. The van der Waals surface area contributed by atoms with Gasteiger partial charge in [-0.2, -0.15) is 0 Å². The van der Waals surface area contributed by atoms with Crippen molar-refractivity contribution < 1.29 is 18.7 Å². The number of nitrogens with one attached hydrogen (secondary N) is 2. The molecule has 1 fully saturated rings. The Kier molecular flexibility index (Phi) is 7.11. The number of carbonyl (C=O) groups is 2. The SMILES string of the molecule is Cc1cc2occ(CC(=O)Nc3ccc(NC(=O)CN4CCOCC4)cc3)c2cc1C(C)C. The molecule has 7 nitrogen and oxygen atoms in total. The van der Waals surface area contributed by atoms with Crippen LogP contribution < -0.4 is 10.6 Å². The van der Waals surface area contributed by atoms with Gasteiger partial charge in [-0.1, -0.05) is 13.8 Å². The van der Waals surface area contributed by atoms with Crippen LogP contribution in [0.2, 0.25) is 0 Å². The fraction of sp³-hybridized carbons (Fsp3) is 0.385. The Labute approximate surface area is 194 Å². The summed E-state index contributed by atoms with van der Waals surface area (Å²) in [4.78, 5) is 27.0. The van der Waals surface area contributed by atoms with Crippen molar-refractivity contribution in [3.63, 3.8) is 0 Å². The van der Waals surface area contributed by atoms with Gasteiger partial charge < -0.3 is 19.8 Å². The van der Waals surface area contributed by atoms with Crippen molar-refractivity contribution in [2.75, 3.05) is 43.5 Å². The number of anilines is 2. The highest BCUT2D eigenvalue weighted by Gasteiger charge is 2.15. The first-order valence-electron chi connectivity index (χ1n) is 11.4. The quantitative estimate of drug-likeness (QED) is 0.561. The fourth-order valence-electron chi connectivity index (χ4n) is 4.18. The summed E-state index contributed by atoms with van der Waals surface area (Å²) >= 11 is 0. The van der Waals surface area contributed by atoms with Crippen molar-refractivity contribution in [3.05, 3.63) is 59.4 Å². The molecule has 2 amide bonds. The number of amides is 2. The van der Waals surface area contributed by atoms with Gasteiger partial charge in [-0.3, -0.25) is 14.5 Å². The molecule has 2 aromatic carbocycles. The molecule has 0 aliphatic carbocycles. The van der Waals surface area contributed by atoms with Crippen LogP contribution in [0.1, 0.15) is 36.5 Å². The van der Waals surface area contributed by atoms with E-state index in [1.54, 1.807) is 30.5 Å². The summed E-state index contributed by atoms with van der Waals surface area (Å²) in [6.45, 7) is 9.61. The molecule has 1 saturated heterocycles. The van der Waals surface area contributed by atoms with Crippen molar-refractivity contribution in [3.8, 4) is 0 Å². The van der Waals surface area contributed by atoms with E-state index in [2.05, 4.69) is 42.4 Å². The van der Waals surface area contributed by atoms with E-state index in [4.69, 9.17) is 9.15 Å². The van der Waals surface area contributed by atoms with Crippen LogP contribution in [0.25, 0.3) is 11.0 Å². The lowest BCUT2D eigenvalue weighted by atomic mass is 9.95. The smallest absolute Gasteiger partial charge is 0.238 e. The van der Waals surface area contributed by atoms with Crippen molar-refractivity contribution in [1.29, 1.82) is 0 Å². The number of rotatable bonds is 7. The van der Waals surface area contributed by atoms with Gasteiger partial charge in [0.25, 0.3) is 0 Å². The van der Waals surface area contributed by atoms with E-state index in [1.807, 2.05) is 6.07 Å². The molecule has 0 bridgehead atoms. The van der Waals surface area contributed by atoms with Gasteiger partial charge in [0.1, 0.15) is 5.58 Å². The second kappa shape index (κ2) is 10.2. The molecule has 1 aliphatic rings. The topological polar surface area (TPSA) is 83.8 Å². The zero-order valence-corrected chi connectivity index (χ0v) is 19.4. The number of nitrogens with zero attached hydrogens (tertiary/aromatic N) is 1. The minimum atomic E-state index is -0.117. The first kappa shape index (κ1) is 23.0. The Balaban J connectivity index is 1.34. The molecule has 0 unspecified atom stereocenters. The molecule has 33 heavy (non-hydrogen) atoms. The van der Waals surface area contributed by atoms with E-state index in [0.29, 0.717) is 37.1 Å². The first-order valence-corrected chi connectivity index (χ1v) is 11.4. The molecule has 0 spiro atoms. The lowest BCUT2D eigenvalue weighted by Gasteiger charge is -2.25. The zero-order chi connectivity index (χ0) is 23.4. The van der Waals surface area contributed by atoms with Crippen LogP contribution >= 0.6 is 0 Å². The number of morpholine rings is 1. The molecule has 4 rings (SSSR count). The van der Waals surface area contributed by atoms with Gasteiger partial charge in [-0.15, -0.1) is 0 Å². The number of fused-ring (bicyclic) bond motifs is 1. The number of carbonyl (C=O) groups excluding carboxylic acids is 2. The molecule has 2 N–H and O–H groups in total. The van der Waals surface area contributed by atoms with E-state index in [-0.39, 0.29) is 18.2 Å². The van der Waals surface area contributed by atoms with Crippen molar-refractivity contribution in [1.82, 2.24) is 4.90 Å². The Bertz CT molecular complexity index is 1130. The van der Waals surface area contributed by atoms with E-state index in [9.17, 15) is 9.59 Å². The maximum Gasteiger partial charge on any atom is 0.238 e. The minimum absolute atomic E-state index is 0.0588. The summed E-state index contributed by atoms with van der Waals surface area (Å²) in [7, 11) is 0. The molecule has 3 aromatic rings. The number of hydrogen-bond donors (Lipinski definition) is 2. The highest BCUT2D eigenvalue weighted by atomic mass is 16.5. The lowest BCUT2D eigenvalue weighted by molar-refractivity contribution is -0.118. The first-order chi connectivity index (χ1) is 15.9. The third-order valence-electron chi connectivity index (χ3n) is 5.94. The Morgan fingerprint density at radius 2 is 1.64 bits per heavy atom. The van der Waals surface area contributed by atoms with Gasteiger partial charge in [0.15, 0.2) is 0 Å². The maximum atomic E-state index is 12.7. The van der Waals surface area contributed by atoms with Crippen LogP contribution in [0.4, 0.5) is 11.4 Å². The van der Waals surface area contributed by atoms with Crippen LogP contribution in [0, 0.1) is 6.92 Å². The summed E-state index contributed by atoms with van der Waals surface area (Å²) in [5.41, 5.74) is 5.51. The number of ether oxygens (including phenoxy) is 1. The molecule has 2 heterocycles. The Morgan fingerprint density at radius 3 is 2.27 bits per heavy atom. The highest BCUT2D eigenvalue weighted by molar-refractivity contribution is 5.96. The monoisotopic (exact) mass is 449 g/mol. The molecule has 174 valence electrons. The van der Waals surface area contributed by atoms with Gasteiger partial charge in [-0.25, -0.2) is 0 Å². The second-order valence-electron chi connectivity index (χ2n) is 8.86. The normalized spacial score (nSPS) is 14.5. The summed E-state index contributed by atoms with van der Waals surface area (Å²) in [5, 5.41) is 6.81.